The largest absolute Gasteiger partial charge is 0.421 e. The highest BCUT2D eigenvalue weighted by atomic mass is 19.4. The fourth-order valence-corrected chi connectivity index (χ4v) is 4.25. The lowest BCUT2D eigenvalue weighted by atomic mass is 9.73. The molecular formula is C24H26F4N6O. The summed E-state index contributed by atoms with van der Waals surface area (Å²) in [4.78, 5) is 16.2. The second-order valence-corrected chi connectivity index (χ2v) is 9.34. The molecule has 1 aromatic carbocycles. The predicted octanol–water partition coefficient (Wildman–Crippen LogP) is 5.06. The topological polar surface area (TPSA) is 95.9 Å². The molecule has 2 atom stereocenters. The van der Waals surface area contributed by atoms with Gasteiger partial charge in [0, 0.05) is 36.1 Å². The van der Waals surface area contributed by atoms with Crippen LogP contribution < -0.4 is 10.6 Å². The number of rotatable bonds is 6. The molecular weight excluding hydrogens is 464 g/mol. The monoisotopic (exact) mass is 490 g/mol. The number of aliphatic hydroxyl groups excluding tert-OH is 1. The average Bonchev–Trinajstić information content (AvgIpc) is 2.80. The molecule has 186 valence electrons. The summed E-state index contributed by atoms with van der Waals surface area (Å²) in [5, 5.41) is 16.0. The van der Waals surface area contributed by atoms with Crippen molar-refractivity contribution >= 4 is 11.8 Å². The van der Waals surface area contributed by atoms with Crippen LogP contribution in [0.2, 0.25) is 0 Å². The van der Waals surface area contributed by atoms with Crippen molar-refractivity contribution in [2.75, 3.05) is 10.6 Å². The van der Waals surface area contributed by atoms with E-state index in [-0.39, 0.29) is 30.2 Å². The highest BCUT2D eigenvalue weighted by Crippen LogP contribution is 2.39. The Morgan fingerprint density at radius 1 is 1.09 bits per heavy atom. The molecule has 2 aromatic heterocycles. The van der Waals surface area contributed by atoms with E-state index < -0.39 is 23.3 Å². The smallest absolute Gasteiger partial charge is 0.393 e. The molecule has 11 heteroatoms. The van der Waals surface area contributed by atoms with Gasteiger partial charge in [-0.15, -0.1) is 0 Å². The van der Waals surface area contributed by atoms with Gasteiger partial charge in [0.05, 0.1) is 11.8 Å². The number of anilines is 2. The van der Waals surface area contributed by atoms with Crippen LogP contribution in [-0.4, -0.2) is 37.2 Å². The predicted molar refractivity (Wildman–Crippen MR) is 123 cm³/mol. The van der Waals surface area contributed by atoms with Gasteiger partial charge in [0.2, 0.25) is 5.95 Å². The van der Waals surface area contributed by atoms with Crippen LogP contribution in [0, 0.1) is 11.2 Å². The summed E-state index contributed by atoms with van der Waals surface area (Å²) < 4.78 is 54.2. The van der Waals surface area contributed by atoms with Crippen LogP contribution >= 0.6 is 0 Å². The maximum atomic E-state index is 13.6. The molecule has 0 aliphatic heterocycles. The van der Waals surface area contributed by atoms with Gasteiger partial charge in [-0.05, 0) is 48.9 Å². The lowest BCUT2D eigenvalue weighted by Gasteiger charge is -2.40. The summed E-state index contributed by atoms with van der Waals surface area (Å²) in [6.45, 7) is 3.93. The maximum absolute atomic E-state index is 13.6. The summed E-state index contributed by atoms with van der Waals surface area (Å²) in [6.07, 6.45) is 0.0589. The Kier molecular flexibility index (Phi) is 6.88. The minimum absolute atomic E-state index is 0.00418. The summed E-state index contributed by atoms with van der Waals surface area (Å²) in [5.41, 5.74) is 0.484. The van der Waals surface area contributed by atoms with Crippen molar-refractivity contribution in [3.63, 3.8) is 0 Å². The van der Waals surface area contributed by atoms with Gasteiger partial charge in [-0.3, -0.25) is 0 Å². The number of aliphatic hydroxyl groups is 1. The lowest BCUT2D eigenvalue weighted by Crippen LogP contribution is -2.41. The number of nitrogens with one attached hydrogen (secondary N) is 2. The van der Waals surface area contributed by atoms with E-state index in [1.54, 1.807) is 18.3 Å². The van der Waals surface area contributed by atoms with E-state index >= 15 is 0 Å². The van der Waals surface area contributed by atoms with Crippen molar-refractivity contribution < 1.29 is 22.7 Å². The van der Waals surface area contributed by atoms with Gasteiger partial charge >= 0.3 is 6.18 Å². The first-order valence-corrected chi connectivity index (χ1v) is 11.2. The molecule has 0 amide bonds. The van der Waals surface area contributed by atoms with E-state index in [1.165, 1.54) is 18.5 Å². The second kappa shape index (κ2) is 9.73. The zero-order chi connectivity index (χ0) is 25.2. The van der Waals surface area contributed by atoms with Gasteiger partial charge in [0.25, 0.3) is 0 Å². The third kappa shape index (κ3) is 5.84. The first-order chi connectivity index (χ1) is 16.5. The number of benzene rings is 1. The minimum atomic E-state index is -4.63. The molecule has 1 aliphatic rings. The Labute approximate surface area is 200 Å². The Hall–Kier alpha value is -3.34. The highest BCUT2D eigenvalue weighted by Gasteiger charge is 2.39. The van der Waals surface area contributed by atoms with Gasteiger partial charge in [-0.2, -0.15) is 18.2 Å². The van der Waals surface area contributed by atoms with Gasteiger partial charge < -0.3 is 15.7 Å². The van der Waals surface area contributed by atoms with Crippen molar-refractivity contribution in [1.82, 2.24) is 19.9 Å². The fourth-order valence-electron chi connectivity index (χ4n) is 4.25. The summed E-state index contributed by atoms with van der Waals surface area (Å²) in [5.74, 6) is -0.684. The van der Waals surface area contributed by atoms with E-state index in [1.807, 2.05) is 13.8 Å². The van der Waals surface area contributed by atoms with Crippen molar-refractivity contribution in [3.05, 3.63) is 59.9 Å². The highest BCUT2D eigenvalue weighted by molar-refractivity contribution is 5.62. The van der Waals surface area contributed by atoms with Gasteiger partial charge in [-0.1, -0.05) is 13.8 Å². The number of nitrogens with zero attached hydrogens (tertiary/aromatic N) is 4. The Balaban J connectivity index is 1.55. The SMILES string of the molecule is CC1(C)C[C@H](Nc2nc(NCc3cncnc3-c3ccc(F)cc3)ncc2C(F)(F)F)CC[C@@H]1O. The molecule has 0 unspecified atom stereocenters. The molecule has 4 rings (SSSR count). The van der Waals surface area contributed by atoms with Crippen LogP contribution in [-0.2, 0) is 12.7 Å². The number of hydrogen-bond acceptors (Lipinski definition) is 7. The number of hydrogen-bond donors (Lipinski definition) is 3. The molecule has 3 aromatic rings. The lowest BCUT2D eigenvalue weighted by molar-refractivity contribution is -0.137. The van der Waals surface area contributed by atoms with Crippen molar-refractivity contribution in [1.29, 1.82) is 0 Å². The first-order valence-electron chi connectivity index (χ1n) is 11.2. The average molecular weight is 491 g/mol. The summed E-state index contributed by atoms with van der Waals surface area (Å²) in [7, 11) is 0. The van der Waals surface area contributed by atoms with Crippen LogP contribution in [0.1, 0.15) is 44.2 Å². The van der Waals surface area contributed by atoms with E-state index in [0.717, 1.165) is 6.20 Å². The Morgan fingerprint density at radius 3 is 2.51 bits per heavy atom. The molecule has 0 saturated heterocycles. The molecule has 1 aliphatic carbocycles. The van der Waals surface area contributed by atoms with Gasteiger partial charge in [0.1, 0.15) is 23.5 Å². The molecule has 0 bridgehead atoms. The van der Waals surface area contributed by atoms with E-state index in [0.29, 0.717) is 36.1 Å². The van der Waals surface area contributed by atoms with Crippen LogP contribution in [0.4, 0.5) is 29.3 Å². The van der Waals surface area contributed by atoms with E-state index in [4.69, 9.17) is 0 Å². The molecule has 1 fully saturated rings. The van der Waals surface area contributed by atoms with Crippen LogP contribution in [0.5, 0.6) is 0 Å². The molecule has 35 heavy (non-hydrogen) atoms. The van der Waals surface area contributed by atoms with Crippen molar-refractivity contribution in [2.45, 2.75) is 58.0 Å². The molecule has 7 nitrogen and oxygen atoms in total. The Bertz CT molecular complexity index is 1170. The quantitative estimate of drug-likeness (QED) is 0.416. The van der Waals surface area contributed by atoms with Crippen LogP contribution in [0.3, 0.4) is 0 Å². The fraction of sp³-hybridized carbons (Fsp3) is 0.417. The van der Waals surface area contributed by atoms with E-state index in [9.17, 15) is 22.7 Å². The number of alkyl halides is 3. The molecule has 0 spiro atoms. The minimum Gasteiger partial charge on any atom is -0.393 e. The number of halogens is 4. The zero-order valence-electron chi connectivity index (χ0n) is 19.3. The third-order valence-electron chi connectivity index (χ3n) is 6.24. The van der Waals surface area contributed by atoms with E-state index in [2.05, 4.69) is 30.6 Å². The van der Waals surface area contributed by atoms with Crippen LogP contribution in [0.15, 0.2) is 43.0 Å². The second-order valence-electron chi connectivity index (χ2n) is 9.34. The summed E-state index contributed by atoms with van der Waals surface area (Å²) in [6, 6.07) is 5.53. The third-order valence-corrected chi connectivity index (χ3v) is 6.24. The summed E-state index contributed by atoms with van der Waals surface area (Å²) >= 11 is 0. The zero-order valence-corrected chi connectivity index (χ0v) is 19.3. The standard InChI is InChI=1S/C24H26F4N6O/c1-23(2)9-17(7-8-19(23)35)33-21-18(24(26,27)28)12-31-22(34-21)30-11-15-10-29-13-32-20(15)14-3-5-16(25)6-4-14/h3-6,10,12-13,17,19,35H,7-9,11H2,1-2H3,(H2,30,31,33,34)/t17-,19+/m1/s1. The molecule has 2 heterocycles. The van der Waals surface area contributed by atoms with Gasteiger partial charge in [0.15, 0.2) is 0 Å². The maximum Gasteiger partial charge on any atom is 0.421 e. The van der Waals surface area contributed by atoms with Crippen molar-refractivity contribution in [3.8, 4) is 11.3 Å². The Morgan fingerprint density at radius 2 is 1.83 bits per heavy atom. The number of aromatic nitrogens is 4. The first kappa shape index (κ1) is 24.8. The van der Waals surface area contributed by atoms with Gasteiger partial charge in [-0.25, -0.2) is 19.3 Å². The normalized spacial score (nSPS) is 19.9. The van der Waals surface area contributed by atoms with Crippen molar-refractivity contribution in [2.24, 2.45) is 5.41 Å². The molecule has 3 N–H and O–H groups in total. The molecule has 0 radical (unpaired) electrons. The molecule has 1 saturated carbocycles. The van der Waals surface area contributed by atoms with Crippen LogP contribution in [0.25, 0.3) is 11.3 Å².